The zero-order valence-corrected chi connectivity index (χ0v) is 21.7. The lowest BCUT2D eigenvalue weighted by molar-refractivity contribution is -0.140. The summed E-state index contributed by atoms with van der Waals surface area (Å²) < 4.78 is 110. The van der Waals surface area contributed by atoms with Crippen molar-refractivity contribution in [1.29, 1.82) is 5.26 Å². The fourth-order valence-electron chi connectivity index (χ4n) is 4.36. The van der Waals surface area contributed by atoms with E-state index >= 15 is 0 Å². The molecule has 1 amide bonds. The number of nitrogens with zero attached hydrogens (tertiary/aromatic N) is 2. The summed E-state index contributed by atoms with van der Waals surface area (Å²) in [4.78, 5) is 17.7. The Kier molecular flexibility index (Phi) is 8.27. The first-order chi connectivity index (χ1) is 19.6. The normalized spacial score (nSPS) is 13.2. The number of hydrogen-bond acceptors (Lipinski definition) is 3. The van der Waals surface area contributed by atoms with Crippen molar-refractivity contribution >= 4 is 17.5 Å². The van der Waals surface area contributed by atoms with Crippen LogP contribution in [0.4, 0.5) is 35.1 Å². The predicted molar refractivity (Wildman–Crippen MR) is 135 cm³/mol. The first-order valence-electron chi connectivity index (χ1n) is 11.8. The largest absolute Gasteiger partial charge is 0.419 e. The van der Waals surface area contributed by atoms with Gasteiger partial charge in [0.1, 0.15) is 17.2 Å². The van der Waals surface area contributed by atoms with Crippen LogP contribution >= 0.6 is 11.6 Å². The predicted octanol–water partition coefficient (Wildman–Crippen LogP) is 7.84. The van der Waals surface area contributed by atoms with Crippen molar-refractivity contribution in [3.8, 4) is 6.07 Å². The second-order valence-corrected chi connectivity index (χ2v) is 9.57. The van der Waals surface area contributed by atoms with Crippen LogP contribution in [0.5, 0.6) is 0 Å². The molecule has 216 valence electrons. The van der Waals surface area contributed by atoms with E-state index in [-0.39, 0.29) is 34.0 Å². The summed E-state index contributed by atoms with van der Waals surface area (Å²) in [6.07, 6.45) is -9.54. The molecule has 0 saturated heterocycles. The van der Waals surface area contributed by atoms with Crippen LogP contribution in [0.2, 0.25) is 5.02 Å². The molecular formula is C29H16ClF8N3O. The van der Waals surface area contributed by atoms with Crippen LogP contribution in [-0.4, -0.2) is 10.9 Å². The molecule has 4 aromatic rings. The Morgan fingerprint density at radius 1 is 0.881 bits per heavy atom. The third kappa shape index (κ3) is 6.52. The molecule has 4 rings (SSSR count). The standard InChI is InChI=1S/C29H16ClF8N3O/c30-21-5-7-25(40-15-21)27(13-16-2-1-3-17(8-16)14-39,19-10-20(28(33,34)35)12-22(31)11-19)41-26(42)18-4-6-24(32)23(9-18)29(36,37)38/h1-12,15H,13H2,(H,41,42)/t27-/m0/s1. The van der Waals surface area contributed by atoms with Gasteiger partial charge in [-0.25, -0.2) is 8.78 Å². The Labute approximate surface area is 238 Å². The molecule has 0 spiro atoms. The number of alkyl halides is 6. The molecule has 4 nitrogen and oxygen atoms in total. The first-order valence-corrected chi connectivity index (χ1v) is 12.2. The van der Waals surface area contributed by atoms with Crippen LogP contribution < -0.4 is 5.32 Å². The average molecular weight is 610 g/mol. The highest BCUT2D eigenvalue weighted by Crippen LogP contribution is 2.39. The Morgan fingerprint density at radius 3 is 2.21 bits per heavy atom. The summed E-state index contributed by atoms with van der Waals surface area (Å²) in [5.74, 6) is -4.26. The highest BCUT2D eigenvalue weighted by Gasteiger charge is 2.42. The quantitative estimate of drug-likeness (QED) is 0.227. The van der Waals surface area contributed by atoms with E-state index in [0.29, 0.717) is 18.2 Å². The van der Waals surface area contributed by atoms with Gasteiger partial charge in [-0.3, -0.25) is 9.78 Å². The molecule has 0 radical (unpaired) electrons. The maximum Gasteiger partial charge on any atom is 0.419 e. The highest BCUT2D eigenvalue weighted by atomic mass is 35.5. The third-order valence-electron chi connectivity index (χ3n) is 6.27. The van der Waals surface area contributed by atoms with Crippen molar-refractivity contribution in [2.75, 3.05) is 0 Å². The van der Waals surface area contributed by atoms with E-state index in [0.717, 1.165) is 12.3 Å². The number of hydrogen-bond donors (Lipinski definition) is 1. The lowest BCUT2D eigenvalue weighted by Gasteiger charge is -2.36. The topological polar surface area (TPSA) is 65.8 Å². The molecule has 0 aliphatic heterocycles. The van der Waals surface area contributed by atoms with Crippen LogP contribution in [0.15, 0.2) is 79.0 Å². The molecule has 1 N–H and O–H groups in total. The van der Waals surface area contributed by atoms with E-state index in [9.17, 15) is 45.2 Å². The molecule has 0 unspecified atom stereocenters. The minimum atomic E-state index is -5.17. The Hall–Kier alpha value is -4.50. The summed E-state index contributed by atoms with van der Waals surface area (Å²) in [6.45, 7) is 0. The molecule has 1 atom stereocenters. The molecule has 3 aromatic carbocycles. The summed E-state index contributed by atoms with van der Waals surface area (Å²) in [6, 6.07) is 13.1. The molecule has 0 bridgehead atoms. The number of pyridine rings is 1. The summed E-state index contributed by atoms with van der Waals surface area (Å²) in [5, 5.41) is 11.9. The van der Waals surface area contributed by atoms with Crippen molar-refractivity contribution in [3.63, 3.8) is 0 Å². The van der Waals surface area contributed by atoms with Crippen molar-refractivity contribution in [3.05, 3.63) is 135 Å². The summed E-state index contributed by atoms with van der Waals surface area (Å²) in [5.41, 5.74) is -6.28. The fraction of sp³-hybridized carbons (Fsp3) is 0.138. The lowest BCUT2D eigenvalue weighted by Crippen LogP contribution is -2.49. The molecule has 13 heteroatoms. The van der Waals surface area contributed by atoms with Crippen molar-refractivity contribution in [1.82, 2.24) is 10.3 Å². The van der Waals surface area contributed by atoms with Gasteiger partial charge >= 0.3 is 12.4 Å². The van der Waals surface area contributed by atoms with Crippen molar-refractivity contribution in [2.24, 2.45) is 0 Å². The second kappa shape index (κ2) is 11.4. The van der Waals surface area contributed by atoms with Gasteiger partial charge in [0.05, 0.1) is 33.5 Å². The monoisotopic (exact) mass is 609 g/mol. The number of aromatic nitrogens is 1. The van der Waals surface area contributed by atoms with Crippen molar-refractivity contribution < 1.29 is 39.9 Å². The van der Waals surface area contributed by atoms with E-state index in [2.05, 4.69) is 10.3 Å². The Bertz CT molecular complexity index is 1680. The molecule has 1 heterocycles. The minimum Gasteiger partial charge on any atom is -0.337 e. The number of halogens is 9. The summed E-state index contributed by atoms with van der Waals surface area (Å²) in [7, 11) is 0. The van der Waals surface area contributed by atoms with E-state index in [1.807, 2.05) is 6.07 Å². The molecular weight excluding hydrogens is 594 g/mol. The van der Waals surface area contributed by atoms with Crippen LogP contribution in [0.3, 0.4) is 0 Å². The fourth-order valence-corrected chi connectivity index (χ4v) is 4.47. The molecule has 0 fully saturated rings. The highest BCUT2D eigenvalue weighted by molar-refractivity contribution is 6.30. The number of carbonyl (C=O) groups excluding carboxylic acids is 1. The lowest BCUT2D eigenvalue weighted by atomic mass is 9.79. The van der Waals surface area contributed by atoms with E-state index < -0.39 is 64.1 Å². The van der Waals surface area contributed by atoms with E-state index in [1.165, 1.54) is 36.4 Å². The zero-order chi connectivity index (χ0) is 30.9. The van der Waals surface area contributed by atoms with Crippen LogP contribution in [-0.2, 0) is 24.3 Å². The van der Waals surface area contributed by atoms with Gasteiger partial charge in [0.25, 0.3) is 5.91 Å². The average Bonchev–Trinajstić information content (AvgIpc) is 2.92. The van der Waals surface area contributed by atoms with E-state index in [1.54, 1.807) is 0 Å². The molecule has 0 aliphatic carbocycles. The zero-order valence-electron chi connectivity index (χ0n) is 20.9. The number of rotatable bonds is 6. The van der Waals surface area contributed by atoms with Gasteiger partial charge in [-0.15, -0.1) is 0 Å². The number of amides is 1. The number of nitriles is 1. The van der Waals surface area contributed by atoms with Gasteiger partial charge in [-0.1, -0.05) is 23.7 Å². The summed E-state index contributed by atoms with van der Waals surface area (Å²) >= 11 is 5.96. The van der Waals surface area contributed by atoms with Crippen LogP contribution in [0, 0.1) is 23.0 Å². The number of benzene rings is 3. The molecule has 1 aromatic heterocycles. The SMILES string of the molecule is N#Cc1cccc(C[C@](NC(=O)c2ccc(F)c(C(F)(F)F)c2)(c2cc(F)cc(C(F)(F)F)c2)c2ccc(Cl)cn2)c1. The van der Waals surface area contributed by atoms with Gasteiger partial charge in [-0.05, 0) is 71.8 Å². The van der Waals surface area contributed by atoms with Gasteiger partial charge in [0.15, 0.2) is 0 Å². The minimum absolute atomic E-state index is 0.0917. The maximum absolute atomic E-state index is 14.8. The maximum atomic E-state index is 14.8. The second-order valence-electron chi connectivity index (χ2n) is 9.13. The Balaban J connectivity index is 2.00. The van der Waals surface area contributed by atoms with Gasteiger partial charge in [-0.2, -0.15) is 31.6 Å². The molecule has 0 aliphatic rings. The van der Waals surface area contributed by atoms with E-state index in [4.69, 9.17) is 11.6 Å². The van der Waals surface area contributed by atoms with Crippen molar-refractivity contribution in [2.45, 2.75) is 24.3 Å². The Morgan fingerprint density at radius 2 is 1.60 bits per heavy atom. The third-order valence-corrected chi connectivity index (χ3v) is 6.49. The molecule has 0 saturated carbocycles. The van der Waals surface area contributed by atoms with Crippen LogP contribution in [0.1, 0.15) is 43.9 Å². The van der Waals surface area contributed by atoms with Gasteiger partial charge in [0, 0.05) is 18.2 Å². The first kappa shape index (κ1) is 30.5. The number of carbonyl (C=O) groups is 1. The smallest absolute Gasteiger partial charge is 0.337 e. The molecule has 42 heavy (non-hydrogen) atoms. The van der Waals surface area contributed by atoms with Gasteiger partial charge < -0.3 is 5.32 Å². The van der Waals surface area contributed by atoms with Crippen LogP contribution in [0.25, 0.3) is 0 Å². The van der Waals surface area contributed by atoms with Gasteiger partial charge in [0.2, 0.25) is 0 Å². The number of nitrogens with one attached hydrogen (secondary N) is 1.